The molecule has 0 unspecified atom stereocenters. The van der Waals surface area contributed by atoms with Crippen LogP contribution in [0.15, 0.2) is 53.2 Å². The summed E-state index contributed by atoms with van der Waals surface area (Å²) in [5.74, 6) is -0.381. The average molecular weight is 407 g/mol. The lowest BCUT2D eigenvalue weighted by Crippen LogP contribution is -2.32. The Balaban J connectivity index is 1.97. The van der Waals surface area contributed by atoms with E-state index in [1.165, 1.54) is 7.11 Å². The number of rotatable bonds is 6. The van der Waals surface area contributed by atoms with E-state index in [9.17, 15) is 9.59 Å². The molecule has 1 N–H and O–H groups in total. The number of nitrogens with zero attached hydrogens (tertiary/aromatic N) is 1. The summed E-state index contributed by atoms with van der Waals surface area (Å²) in [5, 5.41) is 3.07. The standard InChI is InChI=1S/C19H16Cl2N2O4/c1-3-27-15-7-5-4-6-13(15)23-18(24)16(21)17(19(23)25)22-12-10-11(20)8-9-14(12)26-2/h4-10,22H,3H2,1-2H3. The molecule has 2 aromatic carbocycles. The minimum Gasteiger partial charge on any atom is -0.495 e. The van der Waals surface area contributed by atoms with Crippen molar-refractivity contribution in [3.05, 3.63) is 58.2 Å². The average Bonchev–Trinajstić information content (AvgIpc) is 2.86. The fraction of sp³-hybridized carbons (Fsp3) is 0.158. The fourth-order valence-electron chi connectivity index (χ4n) is 2.66. The first-order valence-electron chi connectivity index (χ1n) is 8.08. The first-order valence-corrected chi connectivity index (χ1v) is 8.84. The molecule has 0 saturated carbocycles. The summed E-state index contributed by atoms with van der Waals surface area (Å²) in [6.07, 6.45) is 0. The number of anilines is 2. The fourth-order valence-corrected chi connectivity index (χ4v) is 3.05. The van der Waals surface area contributed by atoms with Crippen LogP contribution in [-0.2, 0) is 9.59 Å². The van der Waals surface area contributed by atoms with Crippen LogP contribution >= 0.6 is 23.2 Å². The highest BCUT2D eigenvalue weighted by Gasteiger charge is 2.40. The number of carbonyl (C=O) groups excluding carboxylic acids is 2. The largest absolute Gasteiger partial charge is 0.495 e. The zero-order valence-corrected chi connectivity index (χ0v) is 16.1. The quantitative estimate of drug-likeness (QED) is 0.728. The van der Waals surface area contributed by atoms with E-state index in [-0.39, 0.29) is 10.7 Å². The van der Waals surface area contributed by atoms with E-state index in [1.807, 2.05) is 6.92 Å². The highest BCUT2D eigenvalue weighted by Crippen LogP contribution is 2.37. The van der Waals surface area contributed by atoms with Gasteiger partial charge in [-0.15, -0.1) is 0 Å². The zero-order valence-electron chi connectivity index (χ0n) is 14.6. The topological polar surface area (TPSA) is 67.9 Å². The van der Waals surface area contributed by atoms with E-state index in [0.717, 1.165) is 4.90 Å². The lowest BCUT2D eigenvalue weighted by atomic mass is 10.2. The van der Waals surface area contributed by atoms with Gasteiger partial charge in [-0.2, -0.15) is 0 Å². The minimum atomic E-state index is -0.641. The number of methoxy groups -OCH3 is 1. The summed E-state index contributed by atoms with van der Waals surface area (Å²) < 4.78 is 10.8. The van der Waals surface area contributed by atoms with Crippen LogP contribution in [0.3, 0.4) is 0 Å². The van der Waals surface area contributed by atoms with Crippen LogP contribution in [-0.4, -0.2) is 25.5 Å². The van der Waals surface area contributed by atoms with Crippen molar-refractivity contribution in [1.82, 2.24) is 0 Å². The number of nitrogens with one attached hydrogen (secondary N) is 1. The second-order valence-corrected chi connectivity index (χ2v) is 6.32. The second-order valence-electron chi connectivity index (χ2n) is 5.51. The van der Waals surface area contributed by atoms with E-state index < -0.39 is 11.8 Å². The zero-order chi connectivity index (χ0) is 19.6. The molecule has 1 heterocycles. The van der Waals surface area contributed by atoms with Gasteiger partial charge in [0.25, 0.3) is 11.8 Å². The van der Waals surface area contributed by atoms with Gasteiger partial charge in [-0.3, -0.25) is 9.59 Å². The summed E-state index contributed by atoms with van der Waals surface area (Å²) in [5.41, 5.74) is 0.676. The lowest BCUT2D eigenvalue weighted by Gasteiger charge is -2.19. The molecule has 140 valence electrons. The summed E-state index contributed by atoms with van der Waals surface area (Å²) in [6, 6.07) is 11.6. The number of amides is 2. The number of ether oxygens (including phenoxy) is 2. The van der Waals surface area contributed by atoms with Crippen molar-refractivity contribution in [2.24, 2.45) is 0 Å². The van der Waals surface area contributed by atoms with Crippen LogP contribution in [0, 0.1) is 0 Å². The Bertz CT molecular complexity index is 943. The third-order valence-electron chi connectivity index (χ3n) is 3.85. The van der Waals surface area contributed by atoms with Gasteiger partial charge in [0.1, 0.15) is 22.2 Å². The molecule has 3 rings (SSSR count). The molecule has 0 radical (unpaired) electrons. The number of benzene rings is 2. The van der Waals surface area contributed by atoms with Crippen molar-refractivity contribution in [2.45, 2.75) is 6.92 Å². The molecule has 0 spiro atoms. The predicted octanol–water partition coefficient (Wildman–Crippen LogP) is 4.18. The molecular weight excluding hydrogens is 391 g/mol. The number of halogens is 2. The number of carbonyl (C=O) groups is 2. The third kappa shape index (κ3) is 3.59. The molecular formula is C19H16Cl2N2O4. The molecule has 2 amide bonds. The van der Waals surface area contributed by atoms with Gasteiger partial charge in [0, 0.05) is 5.02 Å². The maximum atomic E-state index is 12.9. The van der Waals surface area contributed by atoms with Gasteiger partial charge in [-0.05, 0) is 37.3 Å². The summed E-state index contributed by atoms with van der Waals surface area (Å²) in [4.78, 5) is 26.6. The normalized spacial score (nSPS) is 14.0. The summed E-state index contributed by atoms with van der Waals surface area (Å²) in [6.45, 7) is 2.20. The van der Waals surface area contributed by atoms with Crippen molar-refractivity contribution in [2.75, 3.05) is 23.9 Å². The molecule has 0 aromatic heterocycles. The van der Waals surface area contributed by atoms with Crippen molar-refractivity contribution in [1.29, 1.82) is 0 Å². The van der Waals surface area contributed by atoms with Crippen LogP contribution in [0.25, 0.3) is 0 Å². The van der Waals surface area contributed by atoms with E-state index in [1.54, 1.807) is 42.5 Å². The van der Waals surface area contributed by atoms with Crippen LogP contribution in [0.1, 0.15) is 6.92 Å². The molecule has 0 fully saturated rings. The number of imide groups is 1. The molecule has 0 aliphatic carbocycles. The summed E-state index contributed by atoms with van der Waals surface area (Å²) in [7, 11) is 1.48. The highest BCUT2D eigenvalue weighted by atomic mass is 35.5. The third-order valence-corrected chi connectivity index (χ3v) is 4.44. The molecule has 1 aliphatic heterocycles. The van der Waals surface area contributed by atoms with Gasteiger partial charge in [0.05, 0.1) is 25.1 Å². The molecule has 0 bridgehead atoms. The van der Waals surface area contributed by atoms with E-state index in [2.05, 4.69) is 5.32 Å². The molecule has 0 saturated heterocycles. The molecule has 6 nitrogen and oxygen atoms in total. The Morgan fingerprint density at radius 2 is 1.78 bits per heavy atom. The molecule has 8 heteroatoms. The molecule has 2 aromatic rings. The Labute approximate surface area is 166 Å². The van der Waals surface area contributed by atoms with Crippen LogP contribution in [0.2, 0.25) is 5.02 Å². The number of para-hydroxylation sites is 2. The summed E-state index contributed by atoms with van der Waals surface area (Å²) >= 11 is 12.2. The molecule has 27 heavy (non-hydrogen) atoms. The molecule has 0 atom stereocenters. The number of hydrogen-bond donors (Lipinski definition) is 1. The Kier molecular flexibility index (Phi) is 5.58. The monoisotopic (exact) mass is 406 g/mol. The van der Waals surface area contributed by atoms with Crippen LogP contribution in [0.5, 0.6) is 11.5 Å². The van der Waals surface area contributed by atoms with Crippen molar-refractivity contribution < 1.29 is 19.1 Å². The maximum absolute atomic E-state index is 12.9. The van der Waals surface area contributed by atoms with Crippen LogP contribution in [0.4, 0.5) is 11.4 Å². The van der Waals surface area contributed by atoms with Gasteiger partial charge >= 0.3 is 0 Å². The second kappa shape index (κ2) is 7.90. The highest BCUT2D eigenvalue weighted by molar-refractivity contribution is 6.53. The van der Waals surface area contributed by atoms with E-state index >= 15 is 0 Å². The van der Waals surface area contributed by atoms with Gasteiger partial charge in [-0.1, -0.05) is 35.3 Å². The van der Waals surface area contributed by atoms with Crippen LogP contribution < -0.4 is 19.7 Å². The van der Waals surface area contributed by atoms with E-state index in [0.29, 0.717) is 34.5 Å². The smallest absolute Gasteiger partial charge is 0.283 e. The Hall–Kier alpha value is -2.70. The lowest BCUT2D eigenvalue weighted by molar-refractivity contribution is -0.120. The van der Waals surface area contributed by atoms with Gasteiger partial charge < -0.3 is 14.8 Å². The van der Waals surface area contributed by atoms with Crippen molar-refractivity contribution >= 4 is 46.4 Å². The first kappa shape index (κ1) is 19.1. The van der Waals surface area contributed by atoms with Gasteiger partial charge in [-0.25, -0.2) is 4.90 Å². The van der Waals surface area contributed by atoms with Gasteiger partial charge in [0.15, 0.2) is 0 Å². The Morgan fingerprint density at radius 1 is 1.04 bits per heavy atom. The van der Waals surface area contributed by atoms with E-state index in [4.69, 9.17) is 32.7 Å². The SMILES string of the molecule is CCOc1ccccc1N1C(=O)C(Cl)=C(Nc2cc(Cl)ccc2OC)C1=O. The maximum Gasteiger partial charge on any atom is 0.283 e. The Morgan fingerprint density at radius 3 is 2.48 bits per heavy atom. The van der Waals surface area contributed by atoms with Crippen molar-refractivity contribution in [3.8, 4) is 11.5 Å². The number of hydrogen-bond acceptors (Lipinski definition) is 5. The van der Waals surface area contributed by atoms with Crippen molar-refractivity contribution in [3.63, 3.8) is 0 Å². The first-order chi connectivity index (χ1) is 13.0. The molecule has 1 aliphatic rings. The van der Waals surface area contributed by atoms with Gasteiger partial charge in [0.2, 0.25) is 0 Å². The predicted molar refractivity (Wildman–Crippen MR) is 105 cm³/mol. The minimum absolute atomic E-state index is 0.0615.